The van der Waals surface area contributed by atoms with Crippen LogP contribution in [-0.2, 0) is 43.4 Å². The second-order valence-electron chi connectivity index (χ2n) is 9.12. The van der Waals surface area contributed by atoms with Gasteiger partial charge in [-0.2, -0.15) is 0 Å². The molecular weight excluding hydrogens is 448 g/mol. The number of ketones is 2. The summed E-state index contributed by atoms with van der Waals surface area (Å²) in [4.78, 5) is 63.7. The first-order chi connectivity index (χ1) is 16.9. The number of ether oxygens (including phenoxy) is 1. The molecule has 2 aliphatic rings. The number of para-hydroxylation sites is 1. The number of rotatable bonds is 9. The van der Waals surface area contributed by atoms with Gasteiger partial charge in [0.05, 0.1) is 11.7 Å². The molecule has 182 valence electrons. The third-order valence-corrected chi connectivity index (χ3v) is 6.49. The predicted octanol–water partition coefficient (Wildman–Crippen LogP) is 2.94. The highest BCUT2D eigenvalue weighted by Gasteiger charge is 2.44. The standard InChI is InChI=1S/C27H28N2O6/c1-17(31)12-19(15-30)13-24(32)23-14-21-9-5-8-20-10-11-22(26(33)29(23)25(20)21)28-27(34)35-16-18-6-3-2-4-7-18/h2-9,15,19,22-23H,10-14,16H2,1H3,(H,28,34)/t19?,22-,23-/m0/s1. The molecule has 0 saturated heterocycles. The lowest BCUT2D eigenvalue weighted by atomic mass is 9.93. The first-order valence-electron chi connectivity index (χ1n) is 11.8. The Labute approximate surface area is 203 Å². The average molecular weight is 477 g/mol. The van der Waals surface area contributed by atoms with Gasteiger partial charge in [-0.25, -0.2) is 4.79 Å². The first kappa shape index (κ1) is 24.3. The van der Waals surface area contributed by atoms with Crippen molar-refractivity contribution in [1.29, 1.82) is 0 Å². The van der Waals surface area contributed by atoms with Gasteiger partial charge in [0.1, 0.15) is 24.7 Å². The van der Waals surface area contributed by atoms with Gasteiger partial charge in [0.15, 0.2) is 5.78 Å². The minimum atomic E-state index is -0.856. The van der Waals surface area contributed by atoms with E-state index in [2.05, 4.69) is 5.32 Å². The highest BCUT2D eigenvalue weighted by molar-refractivity contribution is 6.08. The number of aldehydes is 1. The van der Waals surface area contributed by atoms with E-state index in [0.29, 0.717) is 31.2 Å². The number of hydrogen-bond acceptors (Lipinski definition) is 6. The molecule has 0 spiro atoms. The summed E-state index contributed by atoms with van der Waals surface area (Å²) in [6, 6.07) is 13.3. The summed E-state index contributed by atoms with van der Waals surface area (Å²) >= 11 is 0. The van der Waals surface area contributed by atoms with Crippen LogP contribution >= 0.6 is 0 Å². The molecule has 1 unspecified atom stereocenters. The zero-order valence-electron chi connectivity index (χ0n) is 19.6. The number of alkyl carbamates (subject to hydrolysis) is 1. The Morgan fingerprint density at radius 1 is 1.09 bits per heavy atom. The molecule has 8 nitrogen and oxygen atoms in total. The van der Waals surface area contributed by atoms with Crippen LogP contribution in [0, 0.1) is 5.92 Å². The zero-order valence-corrected chi connectivity index (χ0v) is 19.6. The predicted molar refractivity (Wildman–Crippen MR) is 128 cm³/mol. The smallest absolute Gasteiger partial charge is 0.408 e. The van der Waals surface area contributed by atoms with Gasteiger partial charge in [-0.15, -0.1) is 0 Å². The number of nitrogens with one attached hydrogen (secondary N) is 1. The van der Waals surface area contributed by atoms with E-state index in [-0.39, 0.29) is 36.9 Å². The number of Topliss-reactive ketones (excluding diaryl/α,β-unsaturated/α-hetero) is 2. The van der Waals surface area contributed by atoms with Gasteiger partial charge in [-0.05, 0) is 36.5 Å². The molecule has 0 saturated carbocycles. The van der Waals surface area contributed by atoms with Crippen LogP contribution in [0.25, 0.3) is 0 Å². The van der Waals surface area contributed by atoms with Crippen molar-refractivity contribution in [3.8, 4) is 0 Å². The minimum absolute atomic E-state index is 0.00839. The van der Waals surface area contributed by atoms with Crippen LogP contribution in [0.1, 0.15) is 42.9 Å². The molecule has 2 aliphatic heterocycles. The summed E-state index contributed by atoms with van der Waals surface area (Å²) in [5, 5.41) is 2.67. The van der Waals surface area contributed by atoms with E-state index in [0.717, 1.165) is 16.7 Å². The monoisotopic (exact) mass is 476 g/mol. The summed E-state index contributed by atoms with van der Waals surface area (Å²) in [5.41, 5.74) is 3.36. The largest absolute Gasteiger partial charge is 0.445 e. The lowest BCUT2D eigenvalue weighted by molar-refractivity contribution is -0.128. The second-order valence-corrected chi connectivity index (χ2v) is 9.12. The highest BCUT2D eigenvalue weighted by Crippen LogP contribution is 2.39. The van der Waals surface area contributed by atoms with E-state index < -0.39 is 24.1 Å². The minimum Gasteiger partial charge on any atom is -0.445 e. The van der Waals surface area contributed by atoms with Gasteiger partial charge in [-0.3, -0.25) is 14.5 Å². The molecule has 0 aromatic heterocycles. The van der Waals surface area contributed by atoms with E-state index in [1.54, 1.807) is 0 Å². The van der Waals surface area contributed by atoms with Crippen LogP contribution in [0.4, 0.5) is 10.5 Å². The molecule has 4 rings (SSSR count). The molecule has 0 radical (unpaired) electrons. The van der Waals surface area contributed by atoms with E-state index in [1.807, 2.05) is 48.5 Å². The maximum atomic E-state index is 13.6. The maximum absolute atomic E-state index is 13.6. The fourth-order valence-corrected chi connectivity index (χ4v) is 4.86. The van der Waals surface area contributed by atoms with Gasteiger partial charge < -0.3 is 19.6 Å². The Bertz CT molecular complexity index is 1150. The Kier molecular flexibility index (Phi) is 7.39. The third-order valence-electron chi connectivity index (χ3n) is 6.49. The van der Waals surface area contributed by atoms with E-state index >= 15 is 0 Å². The number of benzene rings is 2. The molecule has 2 aromatic rings. The quantitative estimate of drug-likeness (QED) is 0.558. The number of anilines is 1. The number of hydrogen-bond donors (Lipinski definition) is 1. The van der Waals surface area contributed by atoms with Gasteiger partial charge >= 0.3 is 6.09 Å². The molecule has 1 N–H and O–H groups in total. The van der Waals surface area contributed by atoms with Crippen LogP contribution in [0.5, 0.6) is 0 Å². The molecule has 0 aliphatic carbocycles. The van der Waals surface area contributed by atoms with Crippen molar-refractivity contribution in [2.75, 3.05) is 4.90 Å². The number of nitrogens with zero attached hydrogens (tertiary/aromatic N) is 1. The Morgan fingerprint density at radius 3 is 2.54 bits per heavy atom. The van der Waals surface area contributed by atoms with Crippen LogP contribution in [0.15, 0.2) is 48.5 Å². The van der Waals surface area contributed by atoms with Crippen LogP contribution in [0.3, 0.4) is 0 Å². The summed E-state index contributed by atoms with van der Waals surface area (Å²) in [6.07, 6.45) is 1.06. The lowest BCUT2D eigenvalue weighted by Gasteiger charge is -2.28. The van der Waals surface area contributed by atoms with E-state index in [9.17, 15) is 24.0 Å². The van der Waals surface area contributed by atoms with Crippen molar-refractivity contribution in [3.05, 3.63) is 65.2 Å². The van der Waals surface area contributed by atoms with Crippen molar-refractivity contribution in [2.24, 2.45) is 5.92 Å². The van der Waals surface area contributed by atoms with Crippen molar-refractivity contribution < 1.29 is 28.7 Å². The molecule has 3 atom stereocenters. The van der Waals surface area contributed by atoms with Gasteiger partial charge in [-0.1, -0.05) is 48.5 Å². The fraction of sp³-hybridized carbons (Fsp3) is 0.370. The Balaban J connectivity index is 1.51. The number of amides is 2. The SMILES string of the molecule is CC(=O)CC(C=O)CC(=O)[C@@H]1Cc2cccc3c2N1C(=O)[C@@H](NC(=O)OCc1ccccc1)CC3. The summed E-state index contributed by atoms with van der Waals surface area (Å²) < 4.78 is 5.30. The normalized spacial score (nSPS) is 19.3. The molecule has 2 aromatic carbocycles. The van der Waals surface area contributed by atoms with Crippen molar-refractivity contribution >= 4 is 35.5 Å². The molecule has 8 heteroatoms. The molecule has 2 heterocycles. The van der Waals surface area contributed by atoms with Gasteiger partial charge in [0.2, 0.25) is 5.91 Å². The van der Waals surface area contributed by atoms with E-state index in [4.69, 9.17) is 4.74 Å². The molecule has 0 bridgehead atoms. The molecule has 35 heavy (non-hydrogen) atoms. The van der Waals surface area contributed by atoms with Crippen molar-refractivity contribution in [1.82, 2.24) is 5.32 Å². The number of aryl methyl sites for hydroxylation is 1. The lowest BCUT2D eigenvalue weighted by Crippen LogP contribution is -2.52. The molecular formula is C27H28N2O6. The van der Waals surface area contributed by atoms with Crippen molar-refractivity contribution in [3.63, 3.8) is 0 Å². The zero-order chi connectivity index (χ0) is 24.9. The third kappa shape index (κ3) is 5.48. The summed E-state index contributed by atoms with van der Waals surface area (Å²) in [7, 11) is 0. The topological polar surface area (TPSA) is 110 Å². The highest BCUT2D eigenvalue weighted by atomic mass is 16.5. The molecule has 0 fully saturated rings. The fourth-order valence-electron chi connectivity index (χ4n) is 4.86. The second kappa shape index (κ2) is 10.6. The maximum Gasteiger partial charge on any atom is 0.408 e. The molecule has 2 amide bonds. The average Bonchev–Trinajstić information content (AvgIpc) is 3.19. The van der Waals surface area contributed by atoms with Crippen LogP contribution in [0.2, 0.25) is 0 Å². The Morgan fingerprint density at radius 2 is 1.83 bits per heavy atom. The van der Waals surface area contributed by atoms with Gasteiger partial charge in [0, 0.05) is 25.2 Å². The van der Waals surface area contributed by atoms with Gasteiger partial charge in [0.25, 0.3) is 0 Å². The Hall–Kier alpha value is -3.81. The van der Waals surface area contributed by atoms with E-state index in [1.165, 1.54) is 11.8 Å². The number of carbonyl (C=O) groups excluding carboxylic acids is 5. The summed E-state index contributed by atoms with van der Waals surface area (Å²) in [5.74, 6) is -1.53. The van der Waals surface area contributed by atoms with Crippen LogP contribution in [-0.4, -0.2) is 41.9 Å². The van der Waals surface area contributed by atoms with Crippen LogP contribution < -0.4 is 10.2 Å². The first-order valence-corrected chi connectivity index (χ1v) is 11.8. The van der Waals surface area contributed by atoms with Crippen molar-refractivity contribution in [2.45, 2.75) is 57.7 Å². The number of carbonyl (C=O) groups is 5. The summed E-state index contributed by atoms with van der Waals surface area (Å²) in [6.45, 7) is 1.45.